The Kier molecular flexibility index (Phi) is 4.04. The molecule has 6 nitrogen and oxygen atoms in total. The van der Waals surface area contributed by atoms with Gasteiger partial charge in [-0.3, -0.25) is 9.59 Å². The highest BCUT2D eigenvalue weighted by Crippen LogP contribution is 2.12. The van der Waals surface area contributed by atoms with Crippen molar-refractivity contribution in [2.75, 3.05) is 6.54 Å². The zero-order chi connectivity index (χ0) is 12.1. The molecule has 1 heterocycles. The smallest absolute Gasteiger partial charge is 0.312 e. The number of nitrogens with one attached hydrogen (secondary N) is 1. The van der Waals surface area contributed by atoms with Gasteiger partial charge in [-0.25, -0.2) is 4.98 Å². The zero-order valence-electron chi connectivity index (χ0n) is 9.30. The van der Waals surface area contributed by atoms with E-state index in [-0.39, 0.29) is 12.5 Å². The number of hydrogen-bond donors (Lipinski definition) is 2. The number of carboxylic acids is 1. The number of nitrogens with zero attached hydrogens (tertiary/aromatic N) is 2. The fourth-order valence-electron chi connectivity index (χ4n) is 1.23. The molecule has 1 amide bonds. The first-order valence-corrected chi connectivity index (χ1v) is 5.05. The summed E-state index contributed by atoms with van der Waals surface area (Å²) in [6.07, 6.45) is 3.04. The molecule has 16 heavy (non-hydrogen) atoms. The van der Waals surface area contributed by atoms with E-state index >= 15 is 0 Å². The number of hydrogen-bond acceptors (Lipinski definition) is 3. The van der Waals surface area contributed by atoms with E-state index in [9.17, 15) is 9.59 Å². The molecule has 1 rings (SSSR count). The molecule has 1 aromatic rings. The highest BCUT2D eigenvalue weighted by molar-refractivity contribution is 5.76. The number of aliphatic carboxylic acids is 1. The van der Waals surface area contributed by atoms with E-state index in [1.54, 1.807) is 17.7 Å². The van der Waals surface area contributed by atoms with E-state index < -0.39 is 11.9 Å². The Labute approximate surface area is 93.3 Å². The second-order valence-electron chi connectivity index (χ2n) is 3.48. The van der Waals surface area contributed by atoms with Crippen molar-refractivity contribution in [3.05, 3.63) is 18.2 Å². The Morgan fingerprint density at radius 3 is 2.88 bits per heavy atom. The molecule has 88 valence electrons. The van der Waals surface area contributed by atoms with Crippen LogP contribution in [0.2, 0.25) is 0 Å². The van der Waals surface area contributed by atoms with Crippen molar-refractivity contribution < 1.29 is 14.7 Å². The van der Waals surface area contributed by atoms with E-state index in [4.69, 9.17) is 5.11 Å². The highest BCUT2D eigenvalue weighted by atomic mass is 16.4. The van der Waals surface area contributed by atoms with Crippen LogP contribution in [0.25, 0.3) is 0 Å². The average Bonchev–Trinajstić information content (AvgIpc) is 2.65. The van der Waals surface area contributed by atoms with Crippen molar-refractivity contribution >= 4 is 11.9 Å². The largest absolute Gasteiger partial charge is 0.481 e. The number of carboxylic acid groups (broad SMARTS) is 1. The van der Waals surface area contributed by atoms with Crippen LogP contribution in [0.15, 0.2) is 12.5 Å². The molecule has 0 aliphatic heterocycles. The van der Waals surface area contributed by atoms with Crippen LogP contribution < -0.4 is 5.32 Å². The van der Waals surface area contributed by atoms with Crippen LogP contribution in [-0.4, -0.2) is 33.1 Å². The van der Waals surface area contributed by atoms with Crippen LogP contribution in [0.4, 0.5) is 0 Å². The predicted molar refractivity (Wildman–Crippen MR) is 57.0 cm³/mol. The van der Waals surface area contributed by atoms with Gasteiger partial charge in [0, 0.05) is 12.7 Å². The fourth-order valence-corrected chi connectivity index (χ4v) is 1.23. The molecule has 2 N–H and O–H groups in total. The summed E-state index contributed by atoms with van der Waals surface area (Å²) in [6.45, 7) is 4.13. The van der Waals surface area contributed by atoms with Crippen LogP contribution in [0, 0.1) is 0 Å². The third kappa shape index (κ3) is 3.08. The molecular formula is C10H15N3O3. The number of carbonyl (C=O) groups excluding carboxylic acids is 1. The summed E-state index contributed by atoms with van der Waals surface area (Å²) in [7, 11) is 0. The molecule has 0 bridgehead atoms. The maximum Gasteiger partial charge on any atom is 0.312 e. The molecule has 0 aliphatic rings. The number of aromatic nitrogens is 2. The summed E-state index contributed by atoms with van der Waals surface area (Å²) in [6, 6.07) is 0. The maximum atomic E-state index is 11.2. The lowest BCUT2D eigenvalue weighted by Gasteiger charge is -2.02. The van der Waals surface area contributed by atoms with Crippen molar-refractivity contribution in [3.8, 4) is 0 Å². The Morgan fingerprint density at radius 1 is 1.62 bits per heavy atom. The molecule has 1 aromatic heterocycles. The first-order chi connectivity index (χ1) is 7.54. The van der Waals surface area contributed by atoms with Gasteiger partial charge in [0.25, 0.3) is 0 Å². The average molecular weight is 225 g/mol. The standard InChI is InChI=1S/C10H15N3O3/c1-3-11-9(14)5-13-4-8(12-6-13)7(2)10(15)16/h4,6-7H,3,5H2,1-2H3,(H,11,14)(H,15,16). The first kappa shape index (κ1) is 12.2. The van der Waals surface area contributed by atoms with Gasteiger partial charge in [0.15, 0.2) is 0 Å². The van der Waals surface area contributed by atoms with Crippen LogP contribution in [0.3, 0.4) is 0 Å². The summed E-state index contributed by atoms with van der Waals surface area (Å²) in [5.74, 6) is -1.70. The van der Waals surface area contributed by atoms with Gasteiger partial charge in [-0.15, -0.1) is 0 Å². The minimum atomic E-state index is -0.928. The Balaban J connectivity index is 2.64. The topological polar surface area (TPSA) is 84.2 Å². The summed E-state index contributed by atoms with van der Waals surface area (Å²) < 4.78 is 1.57. The molecule has 1 unspecified atom stereocenters. The summed E-state index contributed by atoms with van der Waals surface area (Å²) in [5.41, 5.74) is 0.455. The summed E-state index contributed by atoms with van der Waals surface area (Å²) in [4.78, 5) is 25.9. The predicted octanol–water partition coefficient (Wildman–Crippen LogP) is 0.207. The van der Waals surface area contributed by atoms with Gasteiger partial charge >= 0.3 is 5.97 Å². The molecule has 0 fully saturated rings. The number of likely N-dealkylation sites (N-methyl/N-ethyl adjacent to an activating group) is 1. The minimum Gasteiger partial charge on any atom is -0.481 e. The lowest BCUT2D eigenvalue weighted by molar-refractivity contribution is -0.138. The SMILES string of the molecule is CCNC(=O)Cn1cnc(C(C)C(=O)O)c1. The fraction of sp³-hybridized carbons (Fsp3) is 0.500. The molecule has 6 heteroatoms. The lowest BCUT2D eigenvalue weighted by atomic mass is 10.1. The number of imidazole rings is 1. The molecule has 0 aromatic carbocycles. The third-order valence-corrected chi connectivity index (χ3v) is 2.17. The number of carbonyl (C=O) groups is 2. The summed E-state index contributed by atoms with van der Waals surface area (Å²) in [5, 5.41) is 11.4. The van der Waals surface area contributed by atoms with E-state index in [0.717, 1.165) is 0 Å². The van der Waals surface area contributed by atoms with Crippen LogP contribution in [0.1, 0.15) is 25.5 Å². The van der Waals surface area contributed by atoms with E-state index in [0.29, 0.717) is 12.2 Å². The van der Waals surface area contributed by atoms with Crippen LogP contribution in [0.5, 0.6) is 0 Å². The number of rotatable bonds is 5. The van der Waals surface area contributed by atoms with Gasteiger partial charge in [-0.05, 0) is 13.8 Å². The Bertz CT molecular complexity index is 386. The third-order valence-electron chi connectivity index (χ3n) is 2.17. The van der Waals surface area contributed by atoms with Crippen molar-refractivity contribution in [2.24, 2.45) is 0 Å². The zero-order valence-corrected chi connectivity index (χ0v) is 9.30. The molecular weight excluding hydrogens is 210 g/mol. The lowest BCUT2D eigenvalue weighted by Crippen LogP contribution is -2.26. The van der Waals surface area contributed by atoms with Crippen molar-refractivity contribution in [2.45, 2.75) is 26.3 Å². The first-order valence-electron chi connectivity index (χ1n) is 5.05. The van der Waals surface area contributed by atoms with Gasteiger partial charge in [-0.1, -0.05) is 0 Å². The normalized spacial score (nSPS) is 12.1. The van der Waals surface area contributed by atoms with Crippen molar-refractivity contribution in [3.63, 3.8) is 0 Å². The highest BCUT2D eigenvalue weighted by Gasteiger charge is 2.16. The van der Waals surface area contributed by atoms with E-state index in [1.165, 1.54) is 6.33 Å². The minimum absolute atomic E-state index is 0.116. The van der Waals surface area contributed by atoms with Gasteiger partial charge in [0.2, 0.25) is 5.91 Å². The van der Waals surface area contributed by atoms with Crippen molar-refractivity contribution in [1.29, 1.82) is 0 Å². The second kappa shape index (κ2) is 5.29. The molecule has 0 aliphatic carbocycles. The maximum absolute atomic E-state index is 11.2. The van der Waals surface area contributed by atoms with Gasteiger partial charge < -0.3 is 15.0 Å². The Hall–Kier alpha value is -1.85. The summed E-state index contributed by atoms with van der Waals surface area (Å²) >= 11 is 0. The van der Waals surface area contributed by atoms with Crippen LogP contribution in [-0.2, 0) is 16.1 Å². The Morgan fingerprint density at radius 2 is 2.31 bits per heavy atom. The quantitative estimate of drug-likeness (QED) is 0.750. The van der Waals surface area contributed by atoms with Crippen molar-refractivity contribution in [1.82, 2.24) is 14.9 Å². The van der Waals surface area contributed by atoms with Gasteiger partial charge in [-0.2, -0.15) is 0 Å². The number of amides is 1. The monoisotopic (exact) mass is 225 g/mol. The van der Waals surface area contributed by atoms with E-state index in [1.807, 2.05) is 6.92 Å². The molecule has 0 saturated heterocycles. The molecule has 0 saturated carbocycles. The van der Waals surface area contributed by atoms with Gasteiger partial charge in [0.05, 0.1) is 17.9 Å². The van der Waals surface area contributed by atoms with E-state index in [2.05, 4.69) is 10.3 Å². The second-order valence-corrected chi connectivity index (χ2v) is 3.48. The van der Waals surface area contributed by atoms with Gasteiger partial charge in [0.1, 0.15) is 6.54 Å². The molecule has 0 spiro atoms. The molecule has 1 atom stereocenters. The van der Waals surface area contributed by atoms with Crippen LogP contribution >= 0.6 is 0 Å². The molecule has 0 radical (unpaired) electrons.